The zero-order chi connectivity index (χ0) is 16.2. The molecule has 0 unspecified atom stereocenters. The Bertz CT molecular complexity index is 726. The number of hydrogen-bond acceptors (Lipinski definition) is 4. The predicted molar refractivity (Wildman–Crippen MR) is 82.9 cm³/mol. The molecule has 1 aliphatic rings. The van der Waals surface area contributed by atoms with Gasteiger partial charge in [0.25, 0.3) is 5.91 Å². The monoisotopic (exact) mass is 316 g/mol. The number of carbonyl (C=O) groups excluding carboxylic acids is 1. The molecule has 2 aromatic rings. The van der Waals surface area contributed by atoms with Gasteiger partial charge in [0.1, 0.15) is 11.5 Å². The Labute approximate surface area is 133 Å². The second-order valence-electron chi connectivity index (χ2n) is 5.57. The number of nitrogens with zero attached hydrogens (tertiary/aromatic N) is 1. The molecule has 5 nitrogen and oxygen atoms in total. The largest absolute Gasteiger partial charge is 0.481 e. The van der Waals surface area contributed by atoms with Crippen LogP contribution >= 0.6 is 0 Å². The van der Waals surface area contributed by atoms with Crippen molar-refractivity contribution < 1.29 is 18.3 Å². The number of ether oxygens (including phenoxy) is 1. The lowest BCUT2D eigenvalue weighted by molar-refractivity contribution is -0.123. The van der Waals surface area contributed by atoms with Crippen molar-refractivity contribution in [2.24, 2.45) is 11.0 Å². The molecule has 0 radical (unpaired) electrons. The number of hydrazone groups is 1. The summed E-state index contributed by atoms with van der Waals surface area (Å²) in [5, 5.41) is 3.80. The van der Waals surface area contributed by atoms with E-state index in [4.69, 9.17) is 9.15 Å². The van der Waals surface area contributed by atoms with Crippen LogP contribution in [0.1, 0.15) is 30.8 Å². The van der Waals surface area contributed by atoms with Gasteiger partial charge in [0, 0.05) is 5.92 Å². The zero-order valence-corrected chi connectivity index (χ0v) is 12.7. The van der Waals surface area contributed by atoms with Crippen LogP contribution in [0.4, 0.5) is 4.39 Å². The molecule has 1 aromatic carbocycles. The highest BCUT2D eigenvalue weighted by Gasteiger charge is 2.36. The molecule has 0 spiro atoms. The van der Waals surface area contributed by atoms with Crippen molar-refractivity contribution in [1.82, 2.24) is 5.43 Å². The third-order valence-electron chi connectivity index (χ3n) is 3.70. The molecule has 3 rings (SSSR count). The predicted octanol–water partition coefficient (Wildman–Crippen LogP) is 3.07. The van der Waals surface area contributed by atoms with Crippen LogP contribution in [0.3, 0.4) is 0 Å². The van der Waals surface area contributed by atoms with Crippen LogP contribution in [-0.4, -0.2) is 18.7 Å². The molecule has 0 bridgehead atoms. The first-order valence-electron chi connectivity index (χ1n) is 7.42. The molecule has 1 amide bonds. The molecule has 1 N–H and O–H groups in total. The Morgan fingerprint density at radius 3 is 2.96 bits per heavy atom. The van der Waals surface area contributed by atoms with Gasteiger partial charge in [0.05, 0.1) is 6.21 Å². The summed E-state index contributed by atoms with van der Waals surface area (Å²) in [6, 6.07) is 9.64. The average Bonchev–Trinajstić information content (AvgIpc) is 3.08. The molecule has 0 aliphatic heterocycles. The summed E-state index contributed by atoms with van der Waals surface area (Å²) in [7, 11) is 0. The van der Waals surface area contributed by atoms with E-state index in [9.17, 15) is 9.18 Å². The second kappa shape index (κ2) is 6.64. The van der Waals surface area contributed by atoms with E-state index >= 15 is 0 Å². The lowest BCUT2D eigenvalue weighted by Crippen LogP contribution is -2.24. The van der Waals surface area contributed by atoms with E-state index in [1.807, 2.05) is 12.1 Å². The summed E-state index contributed by atoms with van der Waals surface area (Å²) in [6.07, 6.45) is 2.58. The van der Waals surface area contributed by atoms with Gasteiger partial charge in [0.15, 0.2) is 18.2 Å². The first-order chi connectivity index (χ1) is 11.1. The first kappa shape index (κ1) is 15.3. The number of hydrogen-bond donors (Lipinski definition) is 1. The van der Waals surface area contributed by atoms with Crippen LogP contribution in [0.2, 0.25) is 0 Å². The lowest BCUT2D eigenvalue weighted by Gasteiger charge is -2.05. The lowest BCUT2D eigenvalue weighted by atomic mass is 10.3. The number of benzene rings is 1. The second-order valence-corrected chi connectivity index (χ2v) is 5.57. The van der Waals surface area contributed by atoms with Crippen LogP contribution in [0.15, 0.2) is 45.9 Å². The quantitative estimate of drug-likeness (QED) is 0.658. The molecule has 1 aromatic heterocycles. The topological polar surface area (TPSA) is 63.8 Å². The molecule has 1 heterocycles. The summed E-state index contributed by atoms with van der Waals surface area (Å²) in [6.45, 7) is 1.86. The number of para-hydroxylation sites is 1. The van der Waals surface area contributed by atoms with Crippen molar-refractivity contribution in [3.05, 3.63) is 53.7 Å². The number of nitrogens with one attached hydrogen (secondary N) is 1. The number of furan rings is 1. The van der Waals surface area contributed by atoms with Crippen LogP contribution in [0, 0.1) is 11.7 Å². The first-order valence-corrected chi connectivity index (χ1v) is 7.42. The minimum Gasteiger partial charge on any atom is -0.481 e. The SMILES string of the molecule is C[C@H]1C[C@@H]1c1ccc(/C=N\NC(=O)COc2ccccc2F)o1. The fourth-order valence-corrected chi connectivity index (χ4v) is 2.26. The third-order valence-corrected chi connectivity index (χ3v) is 3.70. The third kappa shape index (κ3) is 3.97. The van der Waals surface area contributed by atoms with Gasteiger partial charge in [-0.2, -0.15) is 5.10 Å². The molecule has 2 atom stereocenters. The van der Waals surface area contributed by atoms with Crippen molar-refractivity contribution in [2.45, 2.75) is 19.3 Å². The molecule has 120 valence electrons. The minimum absolute atomic E-state index is 0.0286. The molecular formula is C17H17FN2O3. The van der Waals surface area contributed by atoms with E-state index < -0.39 is 11.7 Å². The molecule has 1 saturated carbocycles. The maximum Gasteiger partial charge on any atom is 0.277 e. The Kier molecular flexibility index (Phi) is 4.41. The van der Waals surface area contributed by atoms with Crippen LogP contribution in [0.5, 0.6) is 5.75 Å². The Hall–Kier alpha value is -2.63. The van der Waals surface area contributed by atoms with Gasteiger partial charge in [-0.3, -0.25) is 4.79 Å². The Morgan fingerprint density at radius 1 is 1.43 bits per heavy atom. The molecule has 23 heavy (non-hydrogen) atoms. The van der Waals surface area contributed by atoms with Crippen LogP contribution in [-0.2, 0) is 4.79 Å². The summed E-state index contributed by atoms with van der Waals surface area (Å²) < 4.78 is 24.0. The van der Waals surface area contributed by atoms with Gasteiger partial charge < -0.3 is 9.15 Å². The van der Waals surface area contributed by atoms with Gasteiger partial charge >= 0.3 is 0 Å². The van der Waals surface area contributed by atoms with Gasteiger partial charge in [0.2, 0.25) is 0 Å². The fourth-order valence-electron chi connectivity index (χ4n) is 2.26. The van der Waals surface area contributed by atoms with Crippen molar-refractivity contribution in [1.29, 1.82) is 0 Å². The smallest absolute Gasteiger partial charge is 0.277 e. The highest BCUT2D eigenvalue weighted by atomic mass is 19.1. The van der Waals surface area contributed by atoms with Gasteiger partial charge in [-0.25, -0.2) is 9.82 Å². The number of rotatable bonds is 6. The van der Waals surface area contributed by atoms with Gasteiger partial charge in [-0.05, 0) is 36.6 Å². The van der Waals surface area contributed by atoms with Gasteiger partial charge in [-0.1, -0.05) is 19.1 Å². The normalized spacial score (nSPS) is 19.7. The van der Waals surface area contributed by atoms with Crippen LogP contribution in [0.25, 0.3) is 0 Å². The Morgan fingerprint density at radius 2 is 2.22 bits per heavy atom. The standard InChI is InChI=1S/C17H17FN2O3/c1-11-8-13(11)15-7-6-12(23-15)9-19-20-17(21)10-22-16-5-3-2-4-14(16)18/h2-7,9,11,13H,8,10H2,1H3,(H,20,21)/b19-9-/t11-,13-/m0/s1. The van der Waals surface area contributed by atoms with Crippen LogP contribution < -0.4 is 10.2 Å². The minimum atomic E-state index is -0.513. The van der Waals surface area contributed by atoms with Crippen molar-refractivity contribution in [3.8, 4) is 5.75 Å². The van der Waals surface area contributed by atoms with E-state index in [1.165, 1.54) is 18.3 Å². The Balaban J connectivity index is 1.45. The number of halogens is 1. The highest BCUT2D eigenvalue weighted by molar-refractivity contribution is 5.81. The molecule has 1 aliphatic carbocycles. The highest BCUT2D eigenvalue weighted by Crippen LogP contribution is 2.47. The zero-order valence-electron chi connectivity index (χ0n) is 12.7. The van der Waals surface area contributed by atoms with E-state index in [2.05, 4.69) is 17.5 Å². The molecule has 0 saturated heterocycles. The van der Waals surface area contributed by atoms with E-state index in [-0.39, 0.29) is 12.4 Å². The number of carbonyl (C=O) groups is 1. The van der Waals surface area contributed by atoms with Crippen molar-refractivity contribution in [3.63, 3.8) is 0 Å². The fraction of sp³-hybridized carbons (Fsp3) is 0.294. The van der Waals surface area contributed by atoms with E-state index in [0.717, 1.165) is 12.2 Å². The summed E-state index contributed by atoms with van der Waals surface area (Å²) in [5.41, 5.74) is 2.31. The maximum absolute atomic E-state index is 13.3. The van der Waals surface area contributed by atoms with Gasteiger partial charge in [-0.15, -0.1) is 0 Å². The van der Waals surface area contributed by atoms with Crippen molar-refractivity contribution >= 4 is 12.1 Å². The summed E-state index contributed by atoms with van der Waals surface area (Å²) >= 11 is 0. The average molecular weight is 316 g/mol. The summed E-state index contributed by atoms with van der Waals surface area (Å²) in [5.74, 6) is 1.74. The molecule has 6 heteroatoms. The summed E-state index contributed by atoms with van der Waals surface area (Å²) in [4.78, 5) is 11.6. The molecular weight excluding hydrogens is 299 g/mol. The molecule has 1 fully saturated rings. The van der Waals surface area contributed by atoms with E-state index in [0.29, 0.717) is 17.6 Å². The number of amides is 1. The van der Waals surface area contributed by atoms with Crippen molar-refractivity contribution in [2.75, 3.05) is 6.61 Å². The van der Waals surface area contributed by atoms with E-state index in [1.54, 1.807) is 12.1 Å². The maximum atomic E-state index is 13.3.